The van der Waals surface area contributed by atoms with Crippen LogP contribution in [0.4, 0.5) is 17.1 Å². The van der Waals surface area contributed by atoms with Crippen LogP contribution in [-0.2, 0) is 25.0 Å². The van der Waals surface area contributed by atoms with E-state index >= 15 is 0 Å². The van der Waals surface area contributed by atoms with E-state index in [4.69, 9.17) is 75.1 Å². The summed E-state index contributed by atoms with van der Waals surface area (Å²) in [6.07, 6.45) is 0.395. The molecule has 2 aliphatic heterocycles. The molecule has 24 heteroatoms. The Labute approximate surface area is 743 Å². The zero-order chi connectivity index (χ0) is 84.6. The number of ketones is 1. The molecule has 120 heavy (non-hydrogen) atoms. The van der Waals surface area contributed by atoms with Gasteiger partial charge in [0.25, 0.3) is 0 Å². The number of para-hydroxylation sites is 5. The highest BCUT2D eigenvalue weighted by Gasteiger charge is 2.53. The first-order valence-corrected chi connectivity index (χ1v) is 42.8. The van der Waals surface area contributed by atoms with Crippen LogP contribution in [0.15, 0.2) is 337 Å². The number of nitrogens with zero attached hydrogens (tertiary/aromatic N) is 4. The summed E-state index contributed by atoms with van der Waals surface area (Å²) in [5.74, 6) is 2.58. The highest BCUT2D eigenvalue weighted by molar-refractivity contribution is 9.11. The second kappa shape index (κ2) is 37.2. The van der Waals surface area contributed by atoms with Crippen LogP contribution in [-0.4, -0.2) is 62.4 Å². The van der Waals surface area contributed by atoms with Gasteiger partial charge < -0.3 is 53.5 Å². The number of carbonyl (C=O) groups is 1. The molecule has 2 saturated heterocycles. The van der Waals surface area contributed by atoms with Gasteiger partial charge >= 0.3 is 14.2 Å². The van der Waals surface area contributed by atoms with E-state index in [0.29, 0.717) is 46.4 Å². The number of hydrogen-bond donors (Lipinski definition) is 3. The first-order valence-electron chi connectivity index (χ1n) is 38.4. The summed E-state index contributed by atoms with van der Waals surface area (Å²) in [5.41, 5.74) is 35.9. The number of aromatic nitrogens is 4. The van der Waals surface area contributed by atoms with Gasteiger partial charge in [0, 0.05) is 96.2 Å². The minimum absolute atomic E-state index is 0.123. The van der Waals surface area contributed by atoms with Crippen LogP contribution in [0.25, 0.3) is 112 Å². The average Bonchev–Trinajstić information content (AvgIpc) is 1.60. The highest BCUT2D eigenvalue weighted by atomic mass is 79.9. The molecule has 19 rings (SSSR count). The minimum Gasteiger partial charge on any atom is -0.436 e. The number of rotatable bonds is 11. The Morgan fingerprint density at radius 2 is 0.742 bits per heavy atom. The summed E-state index contributed by atoms with van der Waals surface area (Å²) in [6.45, 7) is 16.4. The van der Waals surface area contributed by atoms with Gasteiger partial charge in [-0.05, 0) is 236 Å². The number of benzene rings is 13. The number of nitrogens with two attached hydrogens (primary N) is 3. The zero-order valence-corrected chi connectivity index (χ0v) is 75.3. The van der Waals surface area contributed by atoms with Crippen molar-refractivity contribution < 1.29 is 41.1 Å². The molecule has 2 fully saturated rings. The van der Waals surface area contributed by atoms with E-state index in [1.54, 1.807) is 6.07 Å². The van der Waals surface area contributed by atoms with Crippen LogP contribution in [0.3, 0.4) is 0 Å². The lowest BCUT2D eigenvalue weighted by Gasteiger charge is -2.32. The molecule has 0 amide bonds. The normalized spacial score (nSPS) is 14.0. The van der Waals surface area contributed by atoms with Crippen molar-refractivity contribution in [2.24, 2.45) is 0 Å². The minimum atomic E-state index is -0.451. The summed E-state index contributed by atoms with van der Waals surface area (Å²) in [4.78, 5) is 30.6. The van der Waals surface area contributed by atoms with Crippen LogP contribution in [0, 0.1) is 0 Å². The first kappa shape index (κ1) is 85.9. The van der Waals surface area contributed by atoms with Gasteiger partial charge in [-0.1, -0.05) is 219 Å². The first-order chi connectivity index (χ1) is 57.6. The number of Topliss-reactive ketones (excluding diaryl/α,β-unsaturated/α-hetero) is 1. The third-order valence-electron chi connectivity index (χ3n) is 20.9. The van der Waals surface area contributed by atoms with Gasteiger partial charge in [0.05, 0.1) is 32.6 Å². The second-order valence-corrected chi connectivity index (χ2v) is 34.9. The highest BCUT2D eigenvalue weighted by Crippen LogP contribution is 2.42. The zero-order valence-electron chi connectivity index (χ0n) is 66.6. The molecule has 13 aromatic carbocycles. The Balaban J connectivity index is 0.000000122. The lowest BCUT2D eigenvalue weighted by molar-refractivity contribution is 0.00578. The Morgan fingerprint density at radius 3 is 1.23 bits per heavy atom. The number of halogens is 6. The molecule has 0 bridgehead atoms. The number of nitrogen functional groups attached to an aromatic ring is 3. The van der Waals surface area contributed by atoms with E-state index in [1.165, 1.54) is 0 Å². The van der Waals surface area contributed by atoms with E-state index in [1.807, 2.05) is 347 Å². The van der Waals surface area contributed by atoms with Gasteiger partial charge in [-0.15, -0.1) is 0 Å². The van der Waals surface area contributed by atoms with Crippen LogP contribution in [0.1, 0.15) is 71.3 Å². The van der Waals surface area contributed by atoms with Crippen molar-refractivity contribution in [2.45, 2.75) is 84.2 Å². The lowest BCUT2D eigenvalue weighted by Crippen LogP contribution is -2.41. The average molecular weight is 1930 g/mol. The van der Waals surface area contributed by atoms with Crippen LogP contribution >= 0.6 is 91.3 Å². The van der Waals surface area contributed by atoms with Gasteiger partial charge in [0.15, 0.2) is 28.1 Å². The molecule has 4 aromatic heterocycles. The van der Waals surface area contributed by atoms with Crippen molar-refractivity contribution in [1.82, 2.24) is 19.9 Å². The molecule has 16 nitrogen and oxygen atoms in total. The second-order valence-electron chi connectivity index (χ2n) is 30.2. The largest absolute Gasteiger partial charge is 0.497 e. The van der Waals surface area contributed by atoms with Crippen LogP contribution < -0.4 is 28.1 Å². The number of carbonyl (C=O) groups excluding carboxylic acids is 1. The Morgan fingerprint density at radius 1 is 0.358 bits per heavy atom. The van der Waals surface area contributed by atoms with E-state index in [2.05, 4.69) is 89.6 Å². The van der Waals surface area contributed by atoms with Crippen molar-refractivity contribution >= 4 is 184 Å². The van der Waals surface area contributed by atoms with E-state index < -0.39 is 25.4 Å². The van der Waals surface area contributed by atoms with Gasteiger partial charge in [0.1, 0.15) is 22.1 Å². The van der Waals surface area contributed by atoms with Crippen LogP contribution in [0.5, 0.6) is 0 Å². The van der Waals surface area contributed by atoms with Crippen molar-refractivity contribution in [3.05, 3.63) is 336 Å². The number of fused-ring (bicyclic) bond motifs is 4. The predicted molar refractivity (Wildman–Crippen MR) is 504 cm³/mol. The van der Waals surface area contributed by atoms with E-state index in [9.17, 15) is 4.79 Å². The molecule has 0 radical (unpaired) electrons. The number of hydrogen-bond acceptors (Lipinski definition) is 16. The standard InChI is InChI=1S/C25H25BN2O3.C19H20BNO3.C19H13ClN2O.C14H10Br2O.C13H8BrNO.C6H5Br2N/c1-24(2)25(3,4)31-26(30-24)17-13-14-18(20(27)15-17)19-11-8-12-21-22(19)28-23(29-21)16-9-6-5-7-10-16;1-18(2)19(3,4)24-20(23-18)14-11-8-12-15-16(14)21-17(22-15)13-9-6-5-7-10-13;20-13-9-10-14(16(21)11-13)15-7-4-8-17-18(15)23-19(22-17)12-5-2-1-3-6-12;15-12-7-4-8-13(16)11(12)9-14(17)10-5-2-1-3-6-10;14-10-7-4-8-11-12(10)16-13(15-11)9-5-2-1-3-6-9;7-4-2-1-3-5(8)6(4)9/h5-15H,27H2,1-4H3;5-12H,1-4H3;1-11H,21H2;1-8H,9H2;1-8H;1-3H,9H2. The van der Waals surface area contributed by atoms with E-state index in [-0.39, 0.29) is 17.0 Å². The molecule has 0 saturated carbocycles. The van der Waals surface area contributed by atoms with Gasteiger partial charge in [0.2, 0.25) is 23.6 Å². The molecule has 602 valence electrons. The molecule has 6 heterocycles. The predicted octanol–water partition coefficient (Wildman–Crippen LogP) is 25.9. The molecule has 6 N–H and O–H groups in total. The monoisotopic (exact) mass is 1930 g/mol. The Hall–Kier alpha value is -10.5. The molecule has 17 aromatic rings. The number of oxazole rings is 4. The maximum absolute atomic E-state index is 12.1. The fraction of sp³-hybridized carbons (Fsp3) is 0.135. The third kappa shape index (κ3) is 19.6. The summed E-state index contributed by atoms with van der Waals surface area (Å²) < 4.78 is 53.1. The quantitative estimate of drug-likeness (QED) is 0.0620. The third-order valence-corrected chi connectivity index (χ3v) is 24.7. The lowest BCUT2D eigenvalue weighted by atomic mass is 9.78. The van der Waals surface area contributed by atoms with Gasteiger partial charge in [-0.3, -0.25) is 4.79 Å². The summed E-state index contributed by atoms with van der Waals surface area (Å²) in [6, 6.07) is 95.2. The molecule has 2 aliphatic rings. The Kier molecular flexibility index (Phi) is 26.6. The summed E-state index contributed by atoms with van der Waals surface area (Å²) in [5, 5.41) is 0.612. The fourth-order valence-corrected chi connectivity index (χ4v) is 15.9. The molecule has 0 atom stereocenters. The van der Waals surface area contributed by atoms with E-state index in [0.717, 1.165) is 139 Å². The van der Waals surface area contributed by atoms with Crippen molar-refractivity contribution in [3.63, 3.8) is 0 Å². The maximum Gasteiger partial charge on any atom is 0.497 e. The van der Waals surface area contributed by atoms with Crippen LogP contribution in [0.2, 0.25) is 5.02 Å². The van der Waals surface area contributed by atoms with Crippen molar-refractivity contribution in [1.29, 1.82) is 0 Å². The molecule has 0 unspecified atom stereocenters. The molecular weight excluding hydrogens is 1850 g/mol. The summed E-state index contributed by atoms with van der Waals surface area (Å²) >= 11 is 23.0. The number of anilines is 3. The van der Waals surface area contributed by atoms with Gasteiger partial charge in [-0.25, -0.2) is 19.9 Å². The van der Waals surface area contributed by atoms with Gasteiger partial charge in [-0.2, -0.15) is 0 Å². The molecular formula is C96H81B2Br5ClN7O9. The smallest absolute Gasteiger partial charge is 0.436 e. The fourth-order valence-electron chi connectivity index (χ4n) is 13.0. The Bertz CT molecular complexity index is 6410. The molecule has 0 spiro atoms. The topological polar surface area (TPSA) is 236 Å². The molecule has 0 aliphatic carbocycles. The SMILES string of the molecule is Brc1cccc2nc(-c3ccccc3)oc12.CC1(C)OB(c2ccc(-c3cccc4oc(-c5ccccc5)nc34)c(N)c2)OC1(C)C.CC1(C)OB(c2cccc3oc(-c4ccccc4)nc23)OC1(C)C.Nc1c(Br)cccc1Br.Nc1cc(Cl)ccc1-c1cccc2nc(-c3ccccc3)oc12.O=C(Cc1c(Br)cccc1Br)c1ccccc1. The van der Waals surface area contributed by atoms with Crippen molar-refractivity contribution in [2.75, 3.05) is 17.2 Å². The summed E-state index contributed by atoms with van der Waals surface area (Å²) in [7, 11) is -0.902. The maximum atomic E-state index is 12.1. The van der Waals surface area contributed by atoms with Crippen molar-refractivity contribution in [3.8, 4) is 68.1 Å².